The molecule has 0 radical (unpaired) electrons. The van der Waals surface area contributed by atoms with Gasteiger partial charge in [-0.15, -0.1) is 0 Å². The zero-order valence-corrected chi connectivity index (χ0v) is 32.3. The highest BCUT2D eigenvalue weighted by atomic mass is 16.6. The molecule has 15 heteroatoms. The summed E-state index contributed by atoms with van der Waals surface area (Å²) in [4.78, 5) is 106. The van der Waals surface area contributed by atoms with Gasteiger partial charge < -0.3 is 33.2 Å². The largest absolute Gasteiger partial charge is 0.458 e. The van der Waals surface area contributed by atoms with E-state index in [-0.39, 0.29) is 11.1 Å². The SMILES string of the molecule is CC(=O)O[C@H]1[C@H](OC(C)=O)C(C)(C)/C=C/[C@@H](C)C(=O)[C@]2(OC(C)=O)C[C@](C)(OC(C)=O)[C@@H](OC(=O)c3ccccc3)/C2=C\[C@@](C)(OC(C)=O)[C@H]1OC(C)=O. The third-order valence-electron chi connectivity index (χ3n) is 9.05. The first kappa shape index (κ1) is 43.1. The third kappa shape index (κ3) is 9.60. The Hall–Kier alpha value is -5.34. The predicted octanol–water partition coefficient (Wildman–Crippen LogP) is 4.08. The Kier molecular flexibility index (Phi) is 13.0. The summed E-state index contributed by atoms with van der Waals surface area (Å²) < 4.78 is 41.0. The minimum Gasteiger partial charge on any atom is -0.458 e. The Bertz CT molecular complexity index is 1740. The number of fused-ring (bicyclic) bond motifs is 1. The minimum absolute atomic E-state index is 0.0611. The highest BCUT2D eigenvalue weighted by Gasteiger charge is 2.67. The van der Waals surface area contributed by atoms with Crippen LogP contribution in [0.25, 0.3) is 0 Å². The first-order valence-corrected chi connectivity index (χ1v) is 17.2. The maximum Gasteiger partial charge on any atom is 0.338 e. The zero-order chi connectivity index (χ0) is 41.0. The summed E-state index contributed by atoms with van der Waals surface area (Å²) in [6.45, 7) is 13.7. The molecule has 0 spiro atoms. The van der Waals surface area contributed by atoms with Gasteiger partial charge in [0.2, 0.25) is 0 Å². The third-order valence-corrected chi connectivity index (χ3v) is 9.05. The van der Waals surface area contributed by atoms with E-state index in [1.165, 1.54) is 45.1 Å². The second-order valence-corrected chi connectivity index (χ2v) is 14.5. The van der Waals surface area contributed by atoms with Gasteiger partial charge in [0.25, 0.3) is 0 Å². The molecule has 0 saturated heterocycles. The van der Waals surface area contributed by atoms with Crippen LogP contribution >= 0.6 is 0 Å². The normalized spacial score (nSPS) is 32.0. The van der Waals surface area contributed by atoms with Crippen LogP contribution in [0.15, 0.2) is 54.1 Å². The molecule has 54 heavy (non-hydrogen) atoms. The van der Waals surface area contributed by atoms with Gasteiger partial charge in [0.05, 0.1) is 5.56 Å². The molecule has 0 heterocycles. The quantitative estimate of drug-likeness (QED) is 0.208. The van der Waals surface area contributed by atoms with Crippen LogP contribution in [0.5, 0.6) is 0 Å². The molecule has 0 amide bonds. The minimum atomic E-state index is -2.39. The first-order valence-electron chi connectivity index (χ1n) is 17.2. The standard InChI is InChI=1S/C39H48O15/c1-21-17-18-36(8,9)33(49-23(3)41)30(48-22(2)40)34(50-24(4)42)37(10,52-25(5)43)19-29-32(51-35(47)28-15-13-12-14-16-28)38(11,53-26(6)44)20-39(29,31(21)46)54-27(7)45/h12-19,21,30,32-34H,20H2,1-11H3/b18-17+,29-19+/t21-,30+,32+,33+,34+,37-,38+,39+/m1/s1. The molecule has 0 N–H and O–H groups in total. The van der Waals surface area contributed by atoms with Gasteiger partial charge in [0.1, 0.15) is 0 Å². The van der Waals surface area contributed by atoms with Gasteiger partial charge >= 0.3 is 41.8 Å². The van der Waals surface area contributed by atoms with Crippen molar-refractivity contribution in [2.75, 3.05) is 0 Å². The van der Waals surface area contributed by atoms with Crippen molar-refractivity contribution in [3.63, 3.8) is 0 Å². The summed E-state index contributed by atoms with van der Waals surface area (Å²) in [5, 5.41) is 0. The van der Waals surface area contributed by atoms with E-state index in [1.54, 1.807) is 32.0 Å². The molecule has 0 bridgehead atoms. The van der Waals surface area contributed by atoms with Gasteiger partial charge in [0.15, 0.2) is 47.0 Å². The number of hydrogen-bond acceptors (Lipinski definition) is 15. The lowest BCUT2D eigenvalue weighted by atomic mass is 9.74. The summed E-state index contributed by atoms with van der Waals surface area (Å²) in [5.41, 5.74) is -8.23. The number of hydrogen-bond donors (Lipinski definition) is 0. The maximum absolute atomic E-state index is 14.9. The van der Waals surface area contributed by atoms with Gasteiger partial charge in [-0.3, -0.25) is 33.6 Å². The Morgan fingerprint density at radius 2 is 1.17 bits per heavy atom. The van der Waals surface area contributed by atoms with Crippen molar-refractivity contribution in [2.45, 2.75) is 124 Å². The molecule has 15 nitrogen and oxygen atoms in total. The summed E-state index contributed by atoms with van der Waals surface area (Å²) in [6.07, 6.45) is -3.33. The van der Waals surface area contributed by atoms with Crippen LogP contribution < -0.4 is 0 Å². The van der Waals surface area contributed by atoms with Crippen LogP contribution in [0.4, 0.5) is 0 Å². The van der Waals surface area contributed by atoms with Crippen molar-refractivity contribution in [1.29, 1.82) is 0 Å². The smallest absolute Gasteiger partial charge is 0.338 e. The fourth-order valence-electron chi connectivity index (χ4n) is 7.11. The molecule has 294 valence electrons. The highest BCUT2D eigenvalue weighted by molar-refractivity contribution is 5.97. The van der Waals surface area contributed by atoms with Crippen molar-refractivity contribution in [3.8, 4) is 0 Å². The highest BCUT2D eigenvalue weighted by Crippen LogP contribution is 2.52. The monoisotopic (exact) mass is 756 g/mol. The van der Waals surface area contributed by atoms with E-state index < -0.39 is 107 Å². The average Bonchev–Trinajstić information content (AvgIpc) is 3.24. The lowest BCUT2D eigenvalue weighted by Gasteiger charge is -2.45. The van der Waals surface area contributed by atoms with E-state index in [0.717, 1.165) is 47.6 Å². The number of carbonyl (C=O) groups is 8. The molecular weight excluding hydrogens is 708 g/mol. The Morgan fingerprint density at radius 3 is 1.67 bits per heavy atom. The molecule has 0 unspecified atom stereocenters. The second kappa shape index (κ2) is 16.4. The van der Waals surface area contributed by atoms with Crippen LogP contribution in [-0.2, 0) is 66.7 Å². The van der Waals surface area contributed by atoms with Crippen LogP contribution in [0.2, 0.25) is 0 Å². The summed E-state index contributed by atoms with van der Waals surface area (Å²) in [5.74, 6) is -8.31. The number of allylic oxidation sites excluding steroid dienone is 1. The number of benzene rings is 1. The predicted molar refractivity (Wildman–Crippen MR) is 187 cm³/mol. The Labute approximate surface area is 313 Å². The van der Waals surface area contributed by atoms with E-state index in [0.29, 0.717) is 0 Å². The number of carbonyl (C=O) groups excluding carboxylic acids is 8. The number of ketones is 1. The van der Waals surface area contributed by atoms with Gasteiger partial charge in [-0.2, -0.15) is 0 Å². The molecule has 2 aliphatic rings. The number of rotatable bonds is 8. The number of Topliss-reactive ketones (excluding diaryl/α,β-unsaturated/α-hetero) is 1. The lowest BCUT2D eigenvalue weighted by molar-refractivity contribution is -0.213. The van der Waals surface area contributed by atoms with Crippen LogP contribution in [0.1, 0.15) is 92.9 Å². The Balaban J connectivity index is 2.65. The van der Waals surface area contributed by atoms with Gasteiger partial charge in [-0.05, 0) is 32.1 Å². The van der Waals surface area contributed by atoms with Gasteiger partial charge in [-0.25, -0.2) is 4.79 Å². The Morgan fingerprint density at radius 1 is 0.648 bits per heavy atom. The van der Waals surface area contributed by atoms with Crippen molar-refractivity contribution >= 4 is 47.6 Å². The van der Waals surface area contributed by atoms with E-state index in [2.05, 4.69) is 0 Å². The summed E-state index contributed by atoms with van der Waals surface area (Å²) in [7, 11) is 0. The molecule has 1 aromatic rings. The molecule has 1 aromatic carbocycles. The fraction of sp³-hybridized carbons (Fsp3) is 0.538. The fourth-order valence-corrected chi connectivity index (χ4v) is 7.11. The topological polar surface area (TPSA) is 201 Å². The van der Waals surface area contributed by atoms with E-state index in [1.807, 2.05) is 0 Å². The number of ether oxygens (including phenoxy) is 7. The molecule has 1 saturated carbocycles. The van der Waals surface area contributed by atoms with Crippen molar-refractivity contribution in [2.24, 2.45) is 11.3 Å². The molecule has 2 aliphatic carbocycles. The molecule has 0 aliphatic heterocycles. The van der Waals surface area contributed by atoms with E-state index in [9.17, 15) is 38.4 Å². The average molecular weight is 757 g/mol. The van der Waals surface area contributed by atoms with Crippen molar-refractivity contribution < 1.29 is 71.5 Å². The summed E-state index contributed by atoms with van der Waals surface area (Å²) >= 11 is 0. The van der Waals surface area contributed by atoms with E-state index in [4.69, 9.17) is 33.2 Å². The molecule has 0 aromatic heterocycles. The molecule has 1 fully saturated rings. The number of esters is 7. The van der Waals surface area contributed by atoms with Gasteiger partial charge in [-0.1, -0.05) is 51.1 Å². The van der Waals surface area contributed by atoms with Crippen molar-refractivity contribution in [3.05, 3.63) is 59.7 Å². The summed E-state index contributed by atoms with van der Waals surface area (Å²) in [6, 6.07) is 7.71. The second-order valence-electron chi connectivity index (χ2n) is 14.5. The van der Waals surface area contributed by atoms with Crippen molar-refractivity contribution in [1.82, 2.24) is 0 Å². The van der Waals surface area contributed by atoms with Gasteiger partial charge in [0, 0.05) is 64.9 Å². The van der Waals surface area contributed by atoms with Crippen LogP contribution in [0.3, 0.4) is 0 Å². The maximum atomic E-state index is 14.9. The zero-order valence-electron chi connectivity index (χ0n) is 32.3. The van der Waals surface area contributed by atoms with E-state index >= 15 is 0 Å². The first-order chi connectivity index (χ1) is 24.9. The molecular formula is C39H48O15. The van der Waals surface area contributed by atoms with Crippen LogP contribution in [0, 0.1) is 11.3 Å². The molecule has 3 rings (SSSR count). The van der Waals surface area contributed by atoms with Crippen LogP contribution in [-0.4, -0.2) is 88.8 Å². The molecule has 8 atom stereocenters. The lowest BCUT2D eigenvalue weighted by Crippen LogP contribution is -2.60.